The number of aromatic nitrogens is 1. The summed E-state index contributed by atoms with van der Waals surface area (Å²) in [5, 5.41) is 5.53. The SMILES string of the molecule is O=C(Nc1nc2c(s1)CN(Cc1ccc(Br)cc1)CC2)c1cccs1. The number of nitrogens with one attached hydrogen (secondary N) is 1. The molecule has 25 heavy (non-hydrogen) atoms. The van der Waals surface area contributed by atoms with Crippen molar-refractivity contribution in [3.05, 3.63) is 67.3 Å². The number of carbonyl (C=O) groups is 1. The zero-order valence-electron chi connectivity index (χ0n) is 13.4. The van der Waals surface area contributed by atoms with Gasteiger partial charge in [0.25, 0.3) is 5.91 Å². The van der Waals surface area contributed by atoms with Crippen LogP contribution in [0.3, 0.4) is 0 Å². The molecular formula is C18H16BrN3OS2. The maximum absolute atomic E-state index is 12.2. The minimum absolute atomic E-state index is 0.0761. The first-order valence-corrected chi connectivity index (χ1v) is 10.5. The molecule has 1 aliphatic heterocycles. The number of rotatable bonds is 4. The highest BCUT2D eigenvalue weighted by molar-refractivity contribution is 9.10. The second kappa shape index (κ2) is 7.37. The average molecular weight is 434 g/mol. The number of fused-ring (bicyclic) bond motifs is 1. The molecule has 0 radical (unpaired) electrons. The molecule has 4 nitrogen and oxygen atoms in total. The van der Waals surface area contributed by atoms with Gasteiger partial charge in [0, 0.05) is 35.4 Å². The Morgan fingerprint density at radius 3 is 2.88 bits per heavy atom. The maximum Gasteiger partial charge on any atom is 0.267 e. The van der Waals surface area contributed by atoms with Gasteiger partial charge in [-0.1, -0.05) is 34.1 Å². The number of hydrogen-bond acceptors (Lipinski definition) is 5. The summed E-state index contributed by atoms with van der Waals surface area (Å²) in [6.07, 6.45) is 0.928. The van der Waals surface area contributed by atoms with Gasteiger partial charge in [-0.25, -0.2) is 4.98 Å². The summed E-state index contributed by atoms with van der Waals surface area (Å²) in [5.74, 6) is -0.0761. The lowest BCUT2D eigenvalue weighted by molar-refractivity contribution is 0.103. The predicted molar refractivity (Wildman–Crippen MR) is 106 cm³/mol. The van der Waals surface area contributed by atoms with Gasteiger partial charge in [-0.3, -0.25) is 15.0 Å². The lowest BCUT2D eigenvalue weighted by atomic mass is 10.1. The molecule has 3 heterocycles. The van der Waals surface area contributed by atoms with Crippen molar-refractivity contribution >= 4 is 49.6 Å². The number of amides is 1. The third-order valence-corrected chi connectivity index (χ3v) is 6.49. The number of benzene rings is 1. The number of hydrogen-bond donors (Lipinski definition) is 1. The van der Waals surface area contributed by atoms with Gasteiger partial charge in [0.15, 0.2) is 5.13 Å². The number of thiophene rings is 1. The first-order chi connectivity index (χ1) is 12.2. The summed E-state index contributed by atoms with van der Waals surface area (Å²) in [4.78, 5) is 21.2. The lowest BCUT2D eigenvalue weighted by Crippen LogP contribution is -2.29. The fraction of sp³-hybridized carbons (Fsp3) is 0.222. The van der Waals surface area contributed by atoms with Crippen LogP contribution in [0.2, 0.25) is 0 Å². The normalized spacial score (nSPS) is 14.3. The second-order valence-corrected chi connectivity index (χ2v) is 8.85. The third-order valence-electron chi connectivity index (χ3n) is 4.10. The molecule has 7 heteroatoms. The van der Waals surface area contributed by atoms with Crippen LogP contribution in [0.5, 0.6) is 0 Å². The Morgan fingerprint density at radius 1 is 1.28 bits per heavy atom. The first-order valence-electron chi connectivity index (χ1n) is 7.97. The average Bonchev–Trinajstić information content (AvgIpc) is 3.26. The molecule has 0 atom stereocenters. The summed E-state index contributed by atoms with van der Waals surface area (Å²) in [6.45, 7) is 2.81. The predicted octanol–water partition coefficient (Wildman–Crippen LogP) is 4.78. The maximum atomic E-state index is 12.2. The number of carbonyl (C=O) groups excluding carboxylic acids is 1. The van der Waals surface area contributed by atoms with Crippen LogP contribution in [0.4, 0.5) is 5.13 Å². The van der Waals surface area contributed by atoms with Crippen molar-refractivity contribution < 1.29 is 4.79 Å². The van der Waals surface area contributed by atoms with Gasteiger partial charge >= 0.3 is 0 Å². The second-order valence-electron chi connectivity index (χ2n) is 5.91. The van der Waals surface area contributed by atoms with E-state index in [1.807, 2.05) is 17.5 Å². The van der Waals surface area contributed by atoms with Crippen LogP contribution in [0.25, 0.3) is 0 Å². The molecule has 1 aromatic carbocycles. The van der Waals surface area contributed by atoms with E-state index < -0.39 is 0 Å². The van der Waals surface area contributed by atoms with Crippen molar-refractivity contribution in [2.75, 3.05) is 11.9 Å². The molecule has 1 N–H and O–H groups in total. The first kappa shape index (κ1) is 16.9. The monoisotopic (exact) mass is 433 g/mol. The summed E-state index contributed by atoms with van der Waals surface area (Å²) in [7, 11) is 0. The van der Waals surface area contributed by atoms with Crippen LogP contribution >= 0.6 is 38.6 Å². The van der Waals surface area contributed by atoms with Gasteiger partial charge < -0.3 is 0 Å². The molecule has 2 aromatic heterocycles. The van der Waals surface area contributed by atoms with E-state index in [4.69, 9.17) is 0 Å². The van der Waals surface area contributed by atoms with Crippen LogP contribution in [0.15, 0.2) is 46.3 Å². The van der Waals surface area contributed by atoms with Gasteiger partial charge in [0.05, 0.1) is 10.6 Å². The van der Waals surface area contributed by atoms with Gasteiger partial charge in [0.1, 0.15) is 0 Å². The van der Waals surface area contributed by atoms with Gasteiger partial charge in [-0.2, -0.15) is 0 Å². The number of nitrogens with zero attached hydrogens (tertiary/aromatic N) is 2. The topological polar surface area (TPSA) is 45.2 Å². The Labute approximate surface area is 162 Å². The van der Waals surface area contributed by atoms with Crippen LogP contribution in [-0.2, 0) is 19.5 Å². The van der Waals surface area contributed by atoms with E-state index in [-0.39, 0.29) is 5.91 Å². The van der Waals surface area contributed by atoms with Crippen molar-refractivity contribution in [1.82, 2.24) is 9.88 Å². The Morgan fingerprint density at radius 2 is 2.12 bits per heavy atom. The fourth-order valence-electron chi connectivity index (χ4n) is 2.85. The number of thiazole rings is 1. The van der Waals surface area contributed by atoms with E-state index in [2.05, 4.69) is 55.4 Å². The fourth-order valence-corrected chi connectivity index (χ4v) is 4.78. The van der Waals surface area contributed by atoms with Crippen molar-refractivity contribution in [3.8, 4) is 0 Å². The van der Waals surface area contributed by atoms with E-state index >= 15 is 0 Å². The molecule has 4 rings (SSSR count). The minimum atomic E-state index is -0.0761. The molecule has 1 amide bonds. The Bertz CT molecular complexity index is 874. The minimum Gasteiger partial charge on any atom is -0.297 e. The van der Waals surface area contributed by atoms with Gasteiger partial charge in [0.2, 0.25) is 0 Å². The highest BCUT2D eigenvalue weighted by Crippen LogP contribution is 2.29. The van der Waals surface area contributed by atoms with E-state index in [0.29, 0.717) is 10.0 Å². The van der Waals surface area contributed by atoms with Crippen LogP contribution in [0, 0.1) is 0 Å². The highest BCUT2D eigenvalue weighted by Gasteiger charge is 2.21. The van der Waals surface area contributed by atoms with Crippen LogP contribution in [-0.4, -0.2) is 22.3 Å². The zero-order valence-corrected chi connectivity index (χ0v) is 16.6. The Kier molecular flexibility index (Phi) is 4.98. The van der Waals surface area contributed by atoms with Crippen LogP contribution in [0.1, 0.15) is 25.8 Å². The Hall–Kier alpha value is -1.54. The molecule has 0 bridgehead atoms. The molecule has 3 aromatic rings. The lowest BCUT2D eigenvalue weighted by Gasteiger charge is -2.25. The zero-order chi connectivity index (χ0) is 17.2. The van der Waals surface area contributed by atoms with E-state index in [9.17, 15) is 4.79 Å². The van der Waals surface area contributed by atoms with Crippen molar-refractivity contribution in [3.63, 3.8) is 0 Å². The summed E-state index contributed by atoms with van der Waals surface area (Å²) >= 11 is 6.51. The molecule has 0 unspecified atom stereocenters. The summed E-state index contributed by atoms with van der Waals surface area (Å²) in [5.41, 5.74) is 2.43. The molecule has 0 saturated heterocycles. The number of halogens is 1. The Balaban J connectivity index is 1.42. The van der Waals surface area contributed by atoms with Crippen molar-refractivity contribution in [2.24, 2.45) is 0 Å². The van der Waals surface area contributed by atoms with Gasteiger partial charge in [-0.05, 0) is 29.1 Å². The van der Waals surface area contributed by atoms with Gasteiger partial charge in [-0.15, -0.1) is 22.7 Å². The van der Waals surface area contributed by atoms with E-state index in [0.717, 1.165) is 36.2 Å². The summed E-state index contributed by atoms with van der Waals surface area (Å²) < 4.78 is 1.10. The molecule has 128 valence electrons. The highest BCUT2D eigenvalue weighted by atomic mass is 79.9. The molecule has 0 aliphatic carbocycles. The van der Waals surface area contributed by atoms with E-state index in [1.54, 1.807) is 11.3 Å². The molecule has 0 spiro atoms. The molecule has 0 saturated carbocycles. The smallest absolute Gasteiger partial charge is 0.267 e. The molecule has 0 fully saturated rings. The summed E-state index contributed by atoms with van der Waals surface area (Å²) in [6, 6.07) is 12.2. The van der Waals surface area contributed by atoms with Crippen molar-refractivity contribution in [1.29, 1.82) is 0 Å². The molecular weight excluding hydrogens is 418 g/mol. The van der Waals surface area contributed by atoms with E-state index in [1.165, 1.54) is 21.8 Å². The standard InChI is InChI=1S/C18H16BrN3OS2/c19-13-5-3-12(4-6-13)10-22-8-7-14-16(11-22)25-18(20-14)21-17(23)15-2-1-9-24-15/h1-6,9H,7-8,10-11H2,(H,20,21,23). The third kappa shape index (κ3) is 4.00. The quantitative estimate of drug-likeness (QED) is 0.643. The number of anilines is 1. The van der Waals surface area contributed by atoms with Crippen molar-refractivity contribution in [2.45, 2.75) is 19.5 Å². The largest absolute Gasteiger partial charge is 0.297 e. The molecule has 1 aliphatic rings. The van der Waals surface area contributed by atoms with Crippen LogP contribution < -0.4 is 5.32 Å².